The third kappa shape index (κ3) is 3.65. The molecular formula is C15H10F2O3. The van der Waals surface area contributed by atoms with Gasteiger partial charge >= 0.3 is 5.97 Å². The Kier molecular flexibility index (Phi) is 4.10. The summed E-state index contributed by atoms with van der Waals surface area (Å²) in [6.45, 7) is 0. The lowest BCUT2D eigenvalue weighted by atomic mass is 10.2. The Labute approximate surface area is 113 Å². The number of ether oxygens (including phenoxy) is 1. The normalized spacial score (nSPS) is 10.7. The summed E-state index contributed by atoms with van der Waals surface area (Å²) in [5, 5.41) is 8.54. The molecule has 0 heterocycles. The van der Waals surface area contributed by atoms with Gasteiger partial charge in [-0.05, 0) is 35.9 Å². The van der Waals surface area contributed by atoms with Gasteiger partial charge in [0.05, 0.1) is 0 Å². The summed E-state index contributed by atoms with van der Waals surface area (Å²) in [6.07, 6.45) is 2.35. The molecule has 2 aromatic carbocycles. The van der Waals surface area contributed by atoms with Gasteiger partial charge in [0.25, 0.3) is 0 Å². The van der Waals surface area contributed by atoms with E-state index in [1.165, 1.54) is 12.1 Å². The predicted octanol–water partition coefficient (Wildman–Crippen LogP) is 3.85. The van der Waals surface area contributed by atoms with Gasteiger partial charge in [0.1, 0.15) is 11.6 Å². The molecule has 0 saturated carbocycles. The maximum atomic E-state index is 13.4. The van der Waals surface area contributed by atoms with E-state index in [2.05, 4.69) is 0 Å². The van der Waals surface area contributed by atoms with Crippen molar-refractivity contribution in [1.82, 2.24) is 0 Å². The molecule has 0 atom stereocenters. The van der Waals surface area contributed by atoms with Crippen molar-refractivity contribution in [3.63, 3.8) is 0 Å². The van der Waals surface area contributed by atoms with Gasteiger partial charge in [-0.2, -0.15) is 0 Å². The molecule has 0 radical (unpaired) electrons. The highest BCUT2D eigenvalue weighted by atomic mass is 19.1. The number of carboxylic acids is 1. The summed E-state index contributed by atoms with van der Waals surface area (Å²) >= 11 is 0. The van der Waals surface area contributed by atoms with Crippen molar-refractivity contribution in [2.45, 2.75) is 0 Å². The molecule has 0 aliphatic rings. The van der Waals surface area contributed by atoms with Crippen LogP contribution in [0.3, 0.4) is 0 Å². The quantitative estimate of drug-likeness (QED) is 0.863. The molecule has 102 valence electrons. The predicted molar refractivity (Wildman–Crippen MR) is 69.5 cm³/mol. The van der Waals surface area contributed by atoms with Crippen LogP contribution in [-0.4, -0.2) is 11.1 Å². The van der Waals surface area contributed by atoms with Gasteiger partial charge in [0.15, 0.2) is 11.6 Å². The summed E-state index contributed by atoms with van der Waals surface area (Å²) in [5.41, 5.74) is 0.571. The van der Waals surface area contributed by atoms with E-state index in [1.54, 1.807) is 18.2 Å². The number of hydrogen-bond donors (Lipinski definition) is 1. The fraction of sp³-hybridized carbons (Fsp3) is 0. The van der Waals surface area contributed by atoms with Crippen LogP contribution in [0.15, 0.2) is 48.5 Å². The molecule has 0 aliphatic carbocycles. The molecule has 2 rings (SSSR count). The molecule has 0 bridgehead atoms. The van der Waals surface area contributed by atoms with E-state index < -0.39 is 17.6 Å². The first-order valence-electron chi connectivity index (χ1n) is 5.68. The topological polar surface area (TPSA) is 46.5 Å². The minimum Gasteiger partial charge on any atom is -0.478 e. The van der Waals surface area contributed by atoms with Crippen molar-refractivity contribution in [3.05, 3.63) is 65.7 Å². The average molecular weight is 276 g/mol. The Morgan fingerprint density at radius 1 is 1.15 bits per heavy atom. The summed E-state index contributed by atoms with van der Waals surface area (Å²) < 4.78 is 31.7. The molecule has 0 aliphatic heterocycles. The van der Waals surface area contributed by atoms with Crippen LogP contribution in [-0.2, 0) is 4.79 Å². The third-order valence-corrected chi connectivity index (χ3v) is 2.40. The second kappa shape index (κ2) is 5.97. The lowest BCUT2D eigenvalue weighted by Gasteiger charge is -2.07. The molecule has 0 saturated heterocycles. The highest BCUT2D eigenvalue weighted by Gasteiger charge is 2.06. The molecule has 3 nitrogen and oxygen atoms in total. The Hall–Kier alpha value is -2.69. The molecule has 0 fully saturated rings. The Bertz CT molecular complexity index is 666. The maximum absolute atomic E-state index is 13.4. The van der Waals surface area contributed by atoms with Crippen molar-refractivity contribution in [1.29, 1.82) is 0 Å². The van der Waals surface area contributed by atoms with Gasteiger partial charge < -0.3 is 9.84 Å². The van der Waals surface area contributed by atoms with E-state index in [4.69, 9.17) is 9.84 Å². The summed E-state index contributed by atoms with van der Waals surface area (Å²) in [7, 11) is 0. The Morgan fingerprint density at radius 3 is 2.70 bits per heavy atom. The summed E-state index contributed by atoms with van der Waals surface area (Å²) in [4.78, 5) is 10.4. The first-order chi connectivity index (χ1) is 9.54. The van der Waals surface area contributed by atoms with Crippen molar-refractivity contribution in [2.24, 2.45) is 0 Å². The highest BCUT2D eigenvalue weighted by Crippen LogP contribution is 2.26. The molecule has 0 aromatic heterocycles. The minimum absolute atomic E-state index is 0.232. The molecule has 1 N–H and O–H groups in total. The first-order valence-corrected chi connectivity index (χ1v) is 5.68. The van der Waals surface area contributed by atoms with E-state index in [0.717, 1.165) is 24.3 Å². The molecule has 5 heteroatoms. The van der Waals surface area contributed by atoms with Crippen molar-refractivity contribution >= 4 is 12.0 Å². The van der Waals surface area contributed by atoms with Crippen molar-refractivity contribution in [3.8, 4) is 11.5 Å². The lowest BCUT2D eigenvalue weighted by molar-refractivity contribution is -0.131. The van der Waals surface area contributed by atoms with Gasteiger partial charge in [-0.15, -0.1) is 0 Å². The highest BCUT2D eigenvalue weighted by molar-refractivity contribution is 5.85. The van der Waals surface area contributed by atoms with Crippen LogP contribution in [0.25, 0.3) is 6.08 Å². The van der Waals surface area contributed by atoms with E-state index in [1.807, 2.05) is 0 Å². The zero-order valence-electron chi connectivity index (χ0n) is 10.2. The van der Waals surface area contributed by atoms with Crippen LogP contribution in [0.2, 0.25) is 0 Å². The van der Waals surface area contributed by atoms with E-state index in [0.29, 0.717) is 5.56 Å². The Morgan fingerprint density at radius 2 is 1.95 bits per heavy atom. The summed E-state index contributed by atoms with van der Waals surface area (Å²) in [5.74, 6) is -2.32. The number of benzene rings is 2. The van der Waals surface area contributed by atoms with Gasteiger partial charge in [0.2, 0.25) is 0 Å². The molecule has 0 spiro atoms. The number of hydrogen-bond acceptors (Lipinski definition) is 2. The average Bonchev–Trinajstić information content (AvgIpc) is 2.41. The second-order valence-corrected chi connectivity index (χ2v) is 3.92. The van der Waals surface area contributed by atoms with E-state index in [9.17, 15) is 13.6 Å². The number of carboxylic acid groups (broad SMARTS) is 1. The lowest BCUT2D eigenvalue weighted by Crippen LogP contribution is -1.90. The van der Waals surface area contributed by atoms with Crippen LogP contribution >= 0.6 is 0 Å². The fourth-order valence-electron chi connectivity index (χ4n) is 1.53. The number of halogens is 2. The molecule has 2 aromatic rings. The van der Waals surface area contributed by atoms with Crippen LogP contribution < -0.4 is 4.74 Å². The largest absolute Gasteiger partial charge is 0.478 e. The van der Waals surface area contributed by atoms with Crippen LogP contribution in [0, 0.1) is 11.6 Å². The van der Waals surface area contributed by atoms with E-state index >= 15 is 0 Å². The number of rotatable bonds is 4. The number of carbonyl (C=O) groups is 1. The molecule has 20 heavy (non-hydrogen) atoms. The smallest absolute Gasteiger partial charge is 0.328 e. The monoisotopic (exact) mass is 276 g/mol. The van der Waals surface area contributed by atoms with E-state index in [-0.39, 0.29) is 11.5 Å². The molecule has 0 unspecified atom stereocenters. The SMILES string of the molecule is O=C(O)C=Cc1cccc(Oc2cc(F)ccc2F)c1. The zero-order valence-corrected chi connectivity index (χ0v) is 10.2. The Balaban J connectivity index is 2.23. The molecular weight excluding hydrogens is 266 g/mol. The fourth-order valence-corrected chi connectivity index (χ4v) is 1.53. The molecule has 0 amide bonds. The van der Waals surface area contributed by atoms with Gasteiger partial charge in [-0.25, -0.2) is 13.6 Å². The third-order valence-electron chi connectivity index (χ3n) is 2.40. The van der Waals surface area contributed by atoms with Crippen molar-refractivity contribution in [2.75, 3.05) is 0 Å². The maximum Gasteiger partial charge on any atom is 0.328 e. The summed E-state index contributed by atoms with van der Waals surface area (Å²) in [6, 6.07) is 9.26. The first kappa shape index (κ1) is 13.7. The zero-order chi connectivity index (χ0) is 14.5. The standard InChI is InChI=1S/C15H10F2O3/c16-11-5-6-13(17)14(9-11)20-12-3-1-2-10(8-12)4-7-15(18)19/h1-9H,(H,18,19). The van der Waals surface area contributed by atoms with Gasteiger partial charge in [0, 0.05) is 12.1 Å². The van der Waals surface area contributed by atoms with Crippen LogP contribution in [0.4, 0.5) is 8.78 Å². The van der Waals surface area contributed by atoms with Crippen LogP contribution in [0.1, 0.15) is 5.56 Å². The minimum atomic E-state index is -1.08. The van der Waals surface area contributed by atoms with Gasteiger partial charge in [-0.1, -0.05) is 12.1 Å². The van der Waals surface area contributed by atoms with Crippen LogP contribution in [0.5, 0.6) is 11.5 Å². The number of aliphatic carboxylic acids is 1. The van der Waals surface area contributed by atoms with Gasteiger partial charge in [-0.3, -0.25) is 0 Å². The second-order valence-electron chi connectivity index (χ2n) is 3.92. The van der Waals surface area contributed by atoms with Crippen molar-refractivity contribution < 1.29 is 23.4 Å².